The lowest BCUT2D eigenvalue weighted by Crippen LogP contribution is -2.47. The number of para-hydroxylation sites is 1. The average Bonchev–Trinajstić information content (AvgIpc) is 2.68. The van der Waals surface area contributed by atoms with Crippen molar-refractivity contribution in [2.24, 2.45) is 5.92 Å². The number of nitrogens with zero attached hydrogens (tertiary/aromatic N) is 2. The summed E-state index contributed by atoms with van der Waals surface area (Å²) < 4.78 is 5.04. The number of anilines is 1. The second-order valence-corrected chi connectivity index (χ2v) is 5.81. The van der Waals surface area contributed by atoms with Crippen molar-refractivity contribution in [1.82, 2.24) is 0 Å². The monoisotopic (exact) mass is 346 g/mol. The number of hydrogen-bond donors (Lipinski definition) is 0. The van der Waals surface area contributed by atoms with Crippen LogP contribution >= 0.6 is 0 Å². The van der Waals surface area contributed by atoms with Crippen molar-refractivity contribution in [2.75, 3.05) is 11.5 Å². The van der Waals surface area contributed by atoms with Crippen LogP contribution < -0.4 is 4.90 Å². The number of carbonyl (C=O) groups is 2. The normalized spacial score (nSPS) is 16.3. The van der Waals surface area contributed by atoms with Crippen LogP contribution in [0.3, 0.4) is 0 Å². The van der Waals surface area contributed by atoms with Crippen LogP contribution in [0.5, 0.6) is 0 Å². The predicted octanol–water partition coefficient (Wildman–Crippen LogP) is 3.43. The van der Waals surface area contributed by atoms with E-state index in [1.54, 1.807) is 37.3 Å². The third-order valence-corrected chi connectivity index (χ3v) is 4.23. The second kappa shape index (κ2) is 7.66. The topological polar surface area (TPSA) is 70.4 Å². The van der Waals surface area contributed by atoms with Crippen molar-refractivity contribution in [3.05, 3.63) is 71.8 Å². The van der Waals surface area contributed by atoms with Crippen molar-refractivity contribution >= 4 is 23.6 Å². The van der Waals surface area contributed by atoms with Crippen molar-refractivity contribution in [1.29, 1.82) is 5.26 Å². The molecule has 5 nitrogen and oxygen atoms in total. The van der Waals surface area contributed by atoms with Gasteiger partial charge in [0, 0.05) is 5.56 Å². The first-order valence-corrected chi connectivity index (χ1v) is 8.39. The predicted molar refractivity (Wildman–Crippen MR) is 98.3 cm³/mol. The maximum absolute atomic E-state index is 13.2. The van der Waals surface area contributed by atoms with Gasteiger partial charge in [-0.15, -0.1) is 0 Å². The van der Waals surface area contributed by atoms with Gasteiger partial charge in [-0.1, -0.05) is 48.6 Å². The molecule has 1 heterocycles. The number of nitriles is 1. The zero-order valence-electron chi connectivity index (χ0n) is 14.3. The molecule has 0 spiro atoms. The fourth-order valence-electron chi connectivity index (χ4n) is 3.02. The highest BCUT2D eigenvalue weighted by molar-refractivity contribution is 6.09. The molecule has 5 heteroatoms. The fraction of sp³-hybridized carbons (Fsp3) is 0.190. The first-order valence-electron chi connectivity index (χ1n) is 8.39. The minimum atomic E-state index is -1.10. The van der Waals surface area contributed by atoms with Gasteiger partial charge in [-0.2, -0.15) is 5.26 Å². The van der Waals surface area contributed by atoms with E-state index in [4.69, 9.17) is 4.74 Å². The van der Waals surface area contributed by atoms with Crippen LogP contribution in [0.2, 0.25) is 0 Å². The number of carbonyl (C=O) groups excluding carboxylic acids is 2. The summed E-state index contributed by atoms with van der Waals surface area (Å²) in [5, 5.41) is 9.57. The molecule has 0 N–H and O–H groups in total. The number of benzene rings is 2. The molecule has 2 aromatic carbocycles. The van der Waals surface area contributed by atoms with Crippen molar-refractivity contribution in [3.63, 3.8) is 0 Å². The lowest BCUT2D eigenvalue weighted by atomic mass is 9.92. The summed E-state index contributed by atoms with van der Waals surface area (Å²) in [4.78, 5) is 27.0. The fourth-order valence-corrected chi connectivity index (χ4v) is 3.02. The Morgan fingerprint density at radius 3 is 2.54 bits per heavy atom. The summed E-state index contributed by atoms with van der Waals surface area (Å²) in [6.07, 6.45) is 3.55. The average molecular weight is 346 g/mol. The molecular weight excluding hydrogens is 328 g/mol. The number of ether oxygens (including phenoxy) is 1. The molecule has 1 aliphatic heterocycles. The maximum Gasteiger partial charge on any atom is 0.325 e. The molecule has 0 saturated carbocycles. The van der Waals surface area contributed by atoms with Crippen LogP contribution in [0.1, 0.15) is 22.8 Å². The van der Waals surface area contributed by atoms with Gasteiger partial charge in [0.15, 0.2) is 5.92 Å². The summed E-state index contributed by atoms with van der Waals surface area (Å²) in [7, 11) is 0. The molecule has 1 aliphatic rings. The summed E-state index contributed by atoms with van der Waals surface area (Å²) in [5.74, 6) is -2.00. The molecule has 0 saturated heterocycles. The summed E-state index contributed by atoms with van der Waals surface area (Å²) >= 11 is 0. The van der Waals surface area contributed by atoms with Gasteiger partial charge in [0.1, 0.15) is 0 Å². The summed E-state index contributed by atoms with van der Waals surface area (Å²) in [6, 6.07) is 17.5. The molecule has 1 amide bonds. The van der Waals surface area contributed by atoms with Gasteiger partial charge in [0.25, 0.3) is 5.91 Å². The highest BCUT2D eigenvalue weighted by atomic mass is 16.5. The first-order chi connectivity index (χ1) is 12.7. The Balaban J connectivity index is 2.07. The number of rotatable bonds is 4. The quantitative estimate of drug-likeness (QED) is 0.795. The SMILES string of the molecule is CCOC(=O)[C@H](C#N)[C@H]1C=Cc2ccccc2N1C(=O)c1ccccc1. The Kier molecular flexibility index (Phi) is 5.14. The van der Waals surface area contributed by atoms with E-state index < -0.39 is 17.9 Å². The largest absolute Gasteiger partial charge is 0.465 e. The van der Waals surface area contributed by atoms with E-state index in [-0.39, 0.29) is 12.5 Å². The van der Waals surface area contributed by atoms with E-state index in [0.717, 1.165) is 5.56 Å². The van der Waals surface area contributed by atoms with Gasteiger partial charge < -0.3 is 4.74 Å². The molecular formula is C21H18N2O3. The molecule has 0 unspecified atom stereocenters. The van der Waals surface area contributed by atoms with Crippen LogP contribution in [-0.4, -0.2) is 24.5 Å². The van der Waals surface area contributed by atoms with Crippen LogP contribution in [-0.2, 0) is 9.53 Å². The Hall–Kier alpha value is -3.39. The molecule has 0 aliphatic carbocycles. The first kappa shape index (κ1) is 17.4. The van der Waals surface area contributed by atoms with E-state index in [2.05, 4.69) is 0 Å². The lowest BCUT2D eigenvalue weighted by Gasteiger charge is -2.35. The van der Waals surface area contributed by atoms with E-state index in [9.17, 15) is 14.9 Å². The molecule has 26 heavy (non-hydrogen) atoms. The Labute approximate surface area is 152 Å². The van der Waals surface area contributed by atoms with Crippen LogP contribution in [0.25, 0.3) is 6.08 Å². The van der Waals surface area contributed by atoms with Gasteiger partial charge in [-0.05, 0) is 30.7 Å². The van der Waals surface area contributed by atoms with Gasteiger partial charge >= 0.3 is 5.97 Å². The minimum absolute atomic E-state index is 0.177. The molecule has 0 bridgehead atoms. The molecule has 0 aromatic heterocycles. The molecule has 130 valence electrons. The van der Waals surface area contributed by atoms with E-state index in [0.29, 0.717) is 11.3 Å². The summed E-state index contributed by atoms with van der Waals surface area (Å²) in [6.45, 7) is 1.86. The molecule has 2 aromatic rings. The Bertz CT molecular complexity index is 884. The zero-order valence-corrected chi connectivity index (χ0v) is 14.3. The van der Waals surface area contributed by atoms with Crippen molar-refractivity contribution < 1.29 is 14.3 Å². The van der Waals surface area contributed by atoms with Gasteiger partial charge in [-0.25, -0.2) is 0 Å². The highest BCUT2D eigenvalue weighted by Crippen LogP contribution is 2.33. The lowest BCUT2D eigenvalue weighted by molar-refractivity contribution is -0.146. The van der Waals surface area contributed by atoms with E-state index in [1.807, 2.05) is 42.5 Å². The van der Waals surface area contributed by atoms with Crippen LogP contribution in [0.15, 0.2) is 60.7 Å². The number of fused-ring (bicyclic) bond motifs is 1. The maximum atomic E-state index is 13.2. The van der Waals surface area contributed by atoms with Gasteiger partial charge in [0.2, 0.25) is 0 Å². The molecule has 0 fully saturated rings. The molecule has 0 radical (unpaired) electrons. The standard InChI is InChI=1S/C21H18N2O3/c1-2-26-21(25)17(14-22)19-13-12-15-8-6-7-11-18(15)23(19)20(24)16-9-4-3-5-10-16/h3-13,17,19H,2H2,1H3/t17-,19-/m1/s1. The van der Waals surface area contributed by atoms with E-state index >= 15 is 0 Å². The Morgan fingerprint density at radius 1 is 1.15 bits per heavy atom. The zero-order chi connectivity index (χ0) is 18.5. The van der Waals surface area contributed by atoms with Crippen molar-refractivity contribution in [3.8, 4) is 6.07 Å². The minimum Gasteiger partial charge on any atom is -0.465 e. The van der Waals surface area contributed by atoms with Gasteiger partial charge in [-0.3, -0.25) is 14.5 Å². The second-order valence-electron chi connectivity index (χ2n) is 5.81. The smallest absolute Gasteiger partial charge is 0.325 e. The molecule has 2 atom stereocenters. The number of hydrogen-bond acceptors (Lipinski definition) is 4. The van der Waals surface area contributed by atoms with Crippen molar-refractivity contribution in [2.45, 2.75) is 13.0 Å². The third-order valence-electron chi connectivity index (χ3n) is 4.23. The molecule has 3 rings (SSSR count). The number of esters is 1. The Morgan fingerprint density at radius 2 is 1.85 bits per heavy atom. The highest BCUT2D eigenvalue weighted by Gasteiger charge is 2.38. The third kappa shape index (κ3) is 3.22. The van der Waals surface area contributed by atoms with Gasteiger partial charge in [0.05, 0.1) is 24.4 Å². The van der Waals surface area contributed by atoms with E-state index in [1.165, 1.54) is 4.90 Å². The number of amides is 1. The van der Waals surface area contributed by atoms with Crippen LogP contribution in [0, 0.1) is 17.2 Å². The van der Waals surface area contributed by atoms with Crippen LogP contribution in [0.4, 0.5) is 5.69 Å². The summed E-state index contributed by atoms with van der Waals surface area (Å²) in [5.41, 5.74) is 2.01.